The number of sulfonamides is 1. The van der Waals surface area contributed by atoms with Crippen molar-refractivity contribution in [2.24, 2.45) is 7.05 Å². The summed E-state index contributed by atoms with van der Waals surface area (Å²) in [5, 5.41) is -0.0576. The van der Waals surface area contributed by atoms with Crippen LogP contribution >= 0.6 is 11.6 Å². The predicted octanol–water partition coefficient (Wildman–Crippen LogP) is 3.78. The lowest BCUT2D eigenvalue weighted by Gasteiger charge is -2.19. The quantitative estimate of drug-likeness (QED) is 0.292. The van der Waals surface area contributed by atoms with E-state index in [1.54, 1.807) is 80.3 Å². The number of aromatic nitrogens is 2. The summed E-state index contributed by atoms with van der Waals surface area (Å²) >= 11 is 6.19. The Kier molecular flexibility index (Phi) is 8.17. The molecule has 0 atom stereocenters. The molecule has 1 amide bonds. The number of hydrogen-bond donors (Lipinski definition) is 0. The van der Waals surface area contributed by atoms with Crippen molar-refractivity contribution in [1.29, 1.82) is 0 Å². The van der Waals surface area contributed by atoms with Crippen LogP contribution in [-0.4, -0.2) is 50.4 Å². The Labute approximate surface area is 236 Å². The molecule has 0 radical (unpaired) electrons. The van der Waals surface area contributed by atoms with Crippen molar-refractivity contribution in [2.75, 3.05) is 29.9 Å². The molecule has 0 bridgehead atoms. The van der Waals surface area contributed by atoms with E-state index in [4.69, 9.17) is 16.3 Å². The van der Waals surface area contributed by atoms with Gasteiger partial charge < -0.3 is 9.64 Å². The van der Waals surface area contributed by atoms with Crippen molar-refractivity contribution in [2.45, 2.75) is 11.8 Å². The lowest BCUT2D eigenvalue weighted by molar-refractivity contribution is -0.121. The van der Waals surface area contributed by atoms with Crippen molar-refractivity contribution < 1.29 is 22.7 Å². The van der Waals surface area contributed by atoms with E-state index in [0.717, 1.165) is 10.4 Å². The number of amides is 1. The van der Waals surface area contributed by atoms with E-state index in [1.165, 1.54) is 28.8 Å². The van der Waals surface area contributed by atoms with Crippen LogP contribution in [0.4, 0.5) is 11.4 Å². The first-order valence-corrected chi connectivity index (χ1v) is 13.9. The summed E-state index contributed by atoms with van der Waals surface area (Å²) in [6.45, 7) is 1.05. The van der Waals surface area contributed by atoms with Crippen LogP contribution in [-0.2, 0) is 26.6 Å². The smallest absolute Gasteiger partial charge is 0.340 e. The molecular formula is C28H27ClN4O6S. The number of nitrogens with zero attached hydrogens (tertiary/aromatic N) is 4. The van der Waals surface area contributed by atoms with Crippen LogP contribution in [0.1, 0.15) is 16.1 Å². The van der Waals surface area contributed by atoms with Crippen LogP contribution in [0.25, 0.3) is 5.69 Å². The van der Waals surface area contributed by atoms with Crippen LogP contribution in [0.15, 0.2) is 88.6 Å². The number of likely N-dealkylation sites (N-methyl/N-ethyl adjacent to an activating group) is 1. The number of esters is 1. The number of carbonyl (C=O) groups is 2. The maximum Gasteiger partial charge on any atom is 0.340 e. The summed E-state index contributed by atoms with van der Waals surface area (Å²) in [4.78, 5) is 39.7. The molecule has 3 aromatic carbocycles. The molecule has 208 valence electrons. The van der Waals surface area contributed by atoms with Crippen LogP contribution in [0.5, 0.6) is 0 Å². The molecule has 0 N–H and O–H groups in total. The first-order valence-electron chi connectivity index (χ1n) is 12.1. The van der Waals surface area contributed by atoms with Gasteiger partial charge in [-0.3, -0.25) is 18.6 Å². The highest BCUT2D eigenvalue weighted by Crippen LogP contribution is 2.27. The van der Waals surface area contributed by atoms with E-state index < -0.39 is 34.1 Å². The zero-order valence-electron chi connectivity index (χ0n) is 22.2. The van der Waals surface area contributed by atoms with E-state index in [9.17, 15) is 22.8 Å². The molecule has 0 aliphatic heterocycles. The van der Waals surface area contributed by atoms with Crippen molar-refractivity contribution in [3.63, 3.8) is 0 Å². The summed E-state index contributed by atoms with van der Waals surface area (Å²) in [5.41, 5.74) is 0.763. The number of rotatable bonds is 8. The van der Waals surface area contributed by atoms with Gasteiger partial charge >= 0.3 is 5.97 Å². The molecule has 0 saturated heterocycles. The van der Waals surface area contributed by atoms with Gasteiger partial charge in [-0.2, -0.15) is 0 Å². The molecule has 0 saturated carbocycles. The Morgan fingerprint density at radius 2 is 1.55 bits per heavy atom. The summed E-state index contributed by atoms with van der Waals surface area (Å²) < 4.78 is 36.2. The van der Waals surface area contributed by atoms with Gasteiger partial charge in [-0.25, -0.2) is 17.9 Å². The van der Waals surface area contributed by atoms with Gasteiger partial charge in [-0.05, 0) is 49.4 Å². The molecule has 0 unspecified atom stereocenters. The molecule has 40 heavy (non-hydrogen) atoms. The summed E-state index contributed by atoms with van der Waals surface area (Å²) in [6, 6.07) is 21.1. The number of anilines is 2. The van der Waals surface area contributed by atoms with E-state index in [-0.39, 0.29) is 21.2 Å². The minimum atomic E-state index is -4.31. The van der Waals surface area contributed by atoms with Crippen LogP contribution in [0.2, 0.25) is 5.02 Å². The molecule has 4 rings (SSSR count). The Hall–Kier alpha value is -4.35. The number of benzene rings is 3. The molecule has 10 nitrogen and oxygen atoms in total. The van der Waals surface area contributed by atoms with Crippen LogP contribution in [0.3, 0.4) is 0 Å². The van der Waals surface area contributed by atoms with Crippen molar-refractivity contribution in [3.05, 3.63) is 105 Å². The van der Waals surface area contributed by atoms with Crippen molar-refractivity contribution >= 4 is 44.9 Å². The molecule has 0 spiro atoms. The highest BCUT2D eigenvalue weighted by molar-refractivity contribution is 7.92. The first-order chi connectivity index (χ1) is 18.9. The Bertz CT molecular complexity index is 1730. The summed E-state index contributed by atoms with van der Waals surface area (Å²) in [6.07, 6.45) is 0. The molecule has 4 aromatic rings. The summed E-state index contributed by atoms with van der Waals surface area (Å²) in [5.74, 6) is -1.46. The molecule has 0 aliphatic rings. The Morgan fingerprint density at radius 1 is 0.950 bits per heavy atom. The molecule has 1 heterocycles. The number of carbonyl (C=O) groups excluding carboxylic acids is 2. The third kappa shape index (κ3) is 5.38. The maximum absolute atomic E-state index is 13.6. The van der Waals surface area contributed by atoms with Gasteiger partial charge in [-0.1, -0.05) is 48.0 Å². The highest BCUT2D eigenvalue weighted by Gasteiger charge is 2.30. The molecule has 1 aromatic heterocycles. The van der Waals surface area contributed by atoms with Gasteiger partial charge in [0.05, 0.1) is 26.9 Å². The normalized spacial score (nSPS) is 11.2. The van der Waals surface area contributed by atoms with Crippen molar-refractivity contribution in [3.8, 4) is 5.69 Å². The number of ether oxygens (including phenoxy) is 1. The number of hydrogen-bond acceptors (Lipinski definition) is 6. The van der Waals surface area contributed by atoms with Gasteiger partial charge in [0, 0.05) is 26.8 Å². The maximum atomic E-state index is 13.6. The van der Waals surface area contributed by atoms with Gasteiger partial charge in [0.2, 0.25) is 0 Å². The number of halogens is 1. The summed E-state index contributed by atoms with van der Waals surface area (Å²) in [7, 11) is 0.146. The molecule has 0 fully saturated rings. The second-order valence-corrected chi connectivity index (χ2v) is 11.3. The second kappa shape index (κ2) is 11.4. The van der Waals surface area contributed by atoms with Crippen molar-refractivity contribution in [1.82, 2.24) is 9.36 Å². The fourth-order valence-corrected chi connectivity index (χ4v) is 5.58. The van der Waals surface area contributed by atoms with Gasteiger partial charge in [0.1, 0.15) is 5.69 Å². The minimum absolute atomic E-state index is 0.0556. The Balaban J connectivity index is 1.60. The first kappa shape index (κ1) is 28.7. The average molecular weight is 583 g/mol. The molecule has 0 aliphatic carbocycles. The predicted molar refractivity (Wildman–Crippen MR) is 153 cm³/mol. The topological polar surface area (TPSA) is 111 Å². The number of para-hydroxylation sites is 2. The monoisotopic (exact) mass is 582 g/mol. The lowest BCUT2D eigenvalue weighted by Crippen LogP contribution is -2.32. The lowest BCUT2D eigenvalue weighted by atomic mass is 10.2. The Morgan fingerprint density at radius 3 is 2.17 bits per heavy atom. The van der Waals surface area contributed by atoms with E-state index in [1.807, 2.05) is 6.07 Å². The van der Waals surface area contributed by atoms with Crippen LogP contribution in [0, 0.1) is 6.92 Å². The largest absolute Gasteiger partial charge is 0.452 e. The van der Waals surface area contributed by atoms with Crippen LogP contribution < -0.4 is 14.8 Å². The third-order valence-corrected chi connectivity index (χ3v) is 8.58. The average Bonchev–Trinajstić information content (AvgIpc) is 3.18. The second-order valence-electron chi connectivity index (χ2n) is 8.89. The van der Waals surface area contributed by atoms with Gasteiger partial charge in [0.15, 0.2) is 6.61 Å². The minimum Gasteiger partial charge on any atom is -0.452 e. The zero-order valence-corrected chi connectivity index (χ0v) is 23.8. The standard InChI is InChI=1S/C28H27ClN4O6S/c1-19-26(27(35)33(31(19)3)21-13-9-6-10-14-21)32(4)40(37,38)22-15-16-24(29)23(17-22)28(36)39-18-25(34)30(2)20-11-7-5-8-12-20/h5-17H,18H2,1-4H3. The third-order valence-electron chi connectivity index (χ3n) is 6.50. The van der Waals surface area contributed by atoms with E-state index in [0.29, 0.717) is 17.1 Å². The van der Waals surface area contributed by atoms with Gasteiger partial charge in [-0.15, -0.1) is 0 Å². The van der Waals surface area contributed by atoms with E-state index in [2.05, 4.69) is 0 Å². The molecule has 12 heteroatoms. The van der Waals surface area contributed by atoms with E-state index >= 15 is 0 Å². The highest BCUT2D eigenvalue weighted by atomic mass is 35.5. The fraction of sp³-hybridized carbons (Fsp3) is 0.179. The SMILES string of the molecule is Cc1c(N(C)S(=O)(=O)c2ccc(Cl)c(C(=O)OCC(=O)N(C)c3ccccc3)c2)c(=O)n(-c2ccccc2)n1C. The fourth-order valence-electron chi connectivity index (χ4n) is 4.11. The van der Waals surface area contributed by atoms with Gasteiger partial charge in [0.25, 0.3) is 21.5 Å². The zero-order chi connectivity index (χ0) is 29.2. The molecular weight excluding hydrogens is 556 g/mol.